The van der Waals surface area contributed by atoms with Crippen molar-refractivity contribution in [2.45, 2.75) is 0 Å². The average Bonchev–Trinajstić information content (AvgIpc) is 2.53. The molecule has 0 unspecified atom stereocenters. The zero-order valence-electron chi connectivity index (χ0n) is 11.3. The monoisotopic (exact) mass is 285 g/mol. The average molecular weight is 285 g/mol. The lowest BCUT2D eigenvalue weighted by atomic mass is 10.2. The van der Waals surface area contributed by atoms with Crippen LogP contribution in [-0.4, -0.2) is 30.1 Å². The first-order valence-corrected chi connectivity index (χ1v) is 6.44. The number of carbonyl (C=O) groups is 2. The summed E-state index contributed by atoms with van der Waals surface area (Å²) in [7, 11) is 0. The molecule has 0 aliphatic heterocycles. The van der Waals surface area contributed by atoms with E-state index in [0.29, 0.717) is 17.9 Å². The van der Waals surface area contributed by atoms with Gasteiger partial charge in [-0.3, -0.25) is 9.78 Å². The molecule has 0 spiro atoms. The van der Waals surface area contributed by atoms with Crippen molar-refractivity contribution in [1.82, 2.24) is 15.6 Å². The molecule has 0 saturated carbocycles. The summed E-state index contributed by atoms with van der Waals surface area (Å²) >= 11 is 0. The maximum Gasteiger partial charge on any atom is 0.412 e. The number of benzene rings is 1. The summed E-state index contributed by atoms with van der Waals surface area (Å²) in [5, 5.41) is 5.23. The number of amides is 2. The molecule has 0 bridgehead atoms. The fourth-order valence-electron chi connectivity index (χ4n) is 1.58. The summed E-state index contributed by atoms with van der Waals surface area (Å²) in [6.07, 6.45) is 2.54. The third-order valence-electron chi connectivity index (χ3n) is 2.58. The van der Waals surface area contributed by atoms with Crippen molar-refractivity contribution in [3.63, 3.8) is 0 Å². The Morgan fingerprint density at radius 3 is 2.33 bits per heavy atom. The Morgan fingerprint density at radius 2 is 1.62 bits per heavy atom. The molecule has 1 aromatic carbocycles. The van der Waals surface area contributed by atoms with Crippen molar-refractivity contribution in [3.05, 3.63) is 60.4 Å². The lowest BCUT2D eigenvalue weighted by Gasteiger charge is -2.07. The quantitative estimate of drug-likeness (QED) is 0.818. The van der Waals surface area contributed by atoms with Crippen LogP contribution in [0, 0.1) is 0 Å². The van der Waals surface area contributed by atoms with Crippen LogP contribution in [0.1, 0.15) is 10.4 Å². The molecule has 0 fully saturated rings. The summed E-state index contributed by atoms with van der Waals surface area (Å²) in [5.74, 6) is 0.256. The molecule has 0 aliphatic rings. The second-order valence-corrected chi connectivity index (χ2v) is 4.12. The first-order chi connectivity index (χ1) is 10.3. The third-order valence-corrected chi connectivity index (χ3v) is 2.58. The molecule has 1 heterocycles. The van der Waals surface area contributed by atoms with Gasteiger partial charge in [-0.1, -0.05) is 18.2 Å². The van der Waals surface area contributed by atoms with Gasteiger partial charge in [0, 0.05) is 31.0 Å². The van der Waals surface area contributed by atoms with E-state index in [4.69, 9.17) is 4.74 Å². The number of carbonyl (C=O) groups excluding carboxylic acids is 2. The van der Waals surface area contributed by atoms with Gasteiger partial charge < -0.3 is 15.4 Å². The Bertz CT molecular complexity index is 588. The molecule has 0 saturated heterocycles. The van der Waals surface area contributed by atoms with Crippen LogP contribution in [-0.2, 0) is 0 Å². The van der Waals surface area contributed by atoms with E-state index in [1.54, 1.807) is 48.8 Å². The second kappa shape index (κ2) is 7.64. The molecule has 108 valence electrons. The maximum atomic E-state index is 11.7. The number of hydrogen-bond acceptors (Lipinski definition) is 4. The lowest BCUT2D eigenvalue weighted by molar-refractivity contribution is 0.0953. The van der Waals surface area contributed by atoms with E-state index in [9.17, 15) is 9.59 Å². The minimum Gasteiger partial charge on any atom is -0.410 e. The van der Waals surface area contributed by atoms with Crippen LogP contribution in [0.5, 0.6) is 5.75 Å². The highest BCUT2D eigenvalue weighted by molar-refractivity contribution is 5.93. The molecule has 6 heteroatoms. The highest BCUT2D eigenvalue weighted by atomic mass is 16.6. The van der Waals surface area contributed by atoms with E-state index in [0.717, 1.165) is 0 Å². The Kier molecular flexibility index (Phi) is 5.28. The number of aromatic nitrogens is 1. The molecule has 0 atom stereocenters. The van der Waals surface area contributed by atoms with E-state index in [-0.39, 0.29) is 12.5 Å². The summed E-state index contributed by atoms with van der Waals surface area (Å²) in [6.45, 7) is 0.591. The van der Waals surface area contributed by atoms with Gasteiger partial charge in [0.25, 0.3) is 5.91 Å². The lowest BCUT2D eigenvalue weighted by Crippen LogP contribution is -2.36. The van der Waals surface area contributed by atoms with E-state index >= 15 is 0 Å². The van der Waals surface area contributed by atoms with Gasteiger partial charge in [-0.2, -0.15) is 0 Å². The summed E-state index contributed by atoms with van der Waals surface area (Å²) in [5.41, 5.74) is 0.525. The molecule has 2 N–H and O–H groups in total. The maximum absolute atomic E-state index is 11.7. The van der Waals surface area contributed by atoms with Gasteiger partial charge in [-0.25, -0.2) is 4.79 Å². The SMILES string of the molecule is O=C(NCCNC(=O)c1ccncc1)Oc1ccccc1. The largest absolute Gasteiger partial charge is 0.412 e. The number of rotatable bonds is 5. The summed E-state index contributed by atoms with van der Waals surface area (Å²) < 4.78 is 5.04. The van der Waals surface area contributed by atoms with Crippen LogP contribution in [0.25, 0.3) is 0 Å². The van der Waals surface area contributed by atoms with Gasteiger partial charge >= 0.3 is 6.09 Å². The number of hydrogen-bond donors (Lipinski definition) is 2. The van der Waals surface area contributed by atoms with Gasteiger partial charge in [0.2, 0.25) is 0 Å². The zero-order valence-corrected chi connectivity index (χ0v) is 11.3. The van der Waals surface area contributed by atoms with Crippen molar-refractivity contribution >= 4 is 12.0 Å². The van der Waals surface area contributed by atoms with Crippen molar-refractivity contribution in [1.29, 1.82) is 0 Å². The smallest absolute Gasteiger partial charge is 0.410 e. The highest BCUT2D eigenvalue weighted by Crippen LogP contribution is 2.07. The fourth-order valence-corrected chi connectivity index (χ4v) is 1.58. The number of nitrogens with one attached hydrogen (secondary N) is 2. The Morgan fingerprint density at radius 1 is 0.952 bits per heavy atom. The van der Waals surface area contributed by atoms with Crippen molar-refractivity contribution in [2.75, 3.05) is 13.1 Å². The molecule has 2 rings (SSSR count). The first-order valence-electron chi connectivity index (χ1n) is 6.44. The van der Waals surface area contributed by atoms with E-state index < -0.39 is 6.09 Å². The standard InChI is InChI=1S/C15H15N3O3/c19-14(12-6-8-16-9-7-12)17-10-11-18-15(20)21-13-4-2-1-3-5-13/h1-9H,10-11H2,(H,17,19)(H,18,20). The Hall–Kier alpha value is -2.89. The van der Waals surface area contributed by atoms with Gasteiger partial charge in [0.05, 0.1) is 0 Å². The topological polar surface area (TPSA) is 80.3 Å². The normalized spacial score (nSPS) is 9.71. The van der Waals surface area contributed by atoms with Crippen molar-refractivity contribution in [3.8, 4) is 5.75 Å². The molecule has 0 radical (unpaired) electrons. The Balaban J connectivity index is 1.66. The molecule has 2 aromatic rings. The van der Waals surface area contributed by atoms with Crippen LogP contribution in [0.15, 0.2) is 54.9 Å². The molecular weight excluding hydrogens is 270 g/mol. The third kappa shape index (κ3) is 4.94. The molecule has 6 nitrogen and oxygen atoms in total. The van der Waals surface area contributed by atoms with Gasteiger partial charge in [-0.05, 0) is 24.3 Å². The molecule has 0 aliphatic carbocycles. The highest BCUT2D eigenvalue weighted by Gasteiger charge is 2.05. The molecule has 21 heavy (non-hydrogen) atoms. The van der Waals surface area contributed by atoms with E-state index in [2.05, 4.69) is 15.6 Å². The van der Waals surface area contributed by atoms with Crippen LogP contribution >= 0.6 is 0 Å². The predicted octanol–water partition coefficient (Wildman–Crippen LogP) is 1.60. The number of nitrogens with zero attached hydrogens (tertiary/aromatic N) is 1. The van der Waals surface area contributed by atoms with Gasteiger partial charge in [-0.15, -0.1) is 0 Å². The van der Waals surface area contributed by atoms with Crippen LogP contribution < -0.4 is 15.4 Å². The van der Waals surface area contributed by atoms with Crippen molar-refractivity contribution in [2.24, 2.45) is 0 Å². The minimum absolute atomic E-state index is 0.212. The molecule has 1 aromatic heterocycles. The van der Waals surface area contributed by atoms with E-state index in [1.807, 2.05) is 6.07 Å². The summed E-state index contributed by atoms with van der Waals surface area (Å²) in [6, 6.07) is 12.0. The zero-order chi connectivity index (χ0) is 14.9. The Labute approximate surface area is 122 Å². The number of para-hydroxylation sites is 1. The minimum atomic E-state index is -0.556. The molecule has 2 amide bonds. The van der Waals surface area contributed by atoms with Crippen molar-refractivity contribution < 1.29 is 14.3 Å². The summed E-state index contributed by atoms with van der Waals surface area (Å²) in [4.78, 5) is 27.0. The number of pyridine rings is 1. The number of ether oxygens (including phenoxy) is 1. The predicted molar refractivity (Wildman–Crippen MR) is 77.0 cm³/mol. The van der Waals surface area contributed by atoms with E-state index in [1.165, 1.54) is 0 Å². The second-order valence-electron chi connectivity index (χ2n) is 4.12. The fraction of sp³-hybridized carbons (Fsp3) is 0.133. The van der Waals surface area contributed by atoms with Crippen LogP contribution in [0.3, 0.4) is 0 Å². The first kappa shape index (κ1) is 14.5. The van der Waals surface area contributed by atoms with Crippen LogP contribution in [0.4, 0.5) is 4.79 Å². The van der Waals surface area contributed by atoms with Gasteiger partial charge in [0.1, 0.15) is 5.75 Å². The van der Waals surface area contributed by atoms with Gasteiger partial charge in [0.15, 0.2) is 0 Å². The molecular formula is C15H15N3O3. The van der Waals surface area contributed by atoms with Crippen LogP contribution in [0.2, 0.25) is 0 Å².